The molecule has 31 heavy (non-hydrogen) atoms. The number of aromatic nitrogens is 3. The van der Waals surface area contributed by atoms with Crippen molar-refractivity contribution >= 4 is 23.2 Å². The monoisotopic (exact) mass is 418 g/mol. The van der Waals surface area contributed by atoms with Crippen molar-refractivity contribution in [3.05, 3.63) is 71.8 Å². The lowest BCUT2D eigenvalue weighted by molar-refractivity contribution is 0.102. The van der Waals surface area contributed by atoms with Gasteiger partial charge >= 0.3 is 0 Å². The van der Waals surface area contributed by atoms with Crippen LogP contribution in [0.15, 0.2) is 55.1 Å². The lowest BCUT2D eigenvalue weighted by atomic mass is 10.1. The second-order valence-electron chi connectivity index (χ2n) is 7.56. The van der Waals surface area contributed by atoms with Crippen LogP contribution >= 0.6 is 0 Å². The first-order valence-electron chi connectivity index (χ1n) is 10.3. The smallest absolute Gasteiger partial charge is 0.257 e. The topological polar surface area (TPSA) is 92.3 Å². The molecule has 1 aliphatic rings. The number of morpholine rings is 1. The largest absolute Gasteiger partial charge is 0.378 e. The minimum atomic E-state index is -0.182. The number of pyridine rings is 1. The van der Waals surface area contributed by atoms with Crippen molar-refractivity contribution in [3.63, 3.8) is 0 Å². The molecule has 0 bridgehead atoms. The third kappa shape index (κ3) is 5.35. The first-order valence-corrected chi connectivity index (χ1v) is 10.3. The minimum absolute atomic E-state index is 0.0215. The van der Waals surface area contributed by atoms with Gasteiger partial charge in [-0.15, -0.1) is 0 Å². The lowest BCUT2D eigenvalue weighted by Crippen LogP contribution is -2.36. The van der Waals surface area contributed by atoms with E-state index in [1.54, 1.807) is 24.8 Å². The summed E-state index contributed by atoms with van der Waals surface area (Å²) in [4.78, 5) is 27.8. The molecule has 1 fully saturated rings. The molecule has 1 atom stereocenters. The maximum absolute atomic E-state index is 12.5. The van der Waals surface area contributed by atoms with Crippen LogP contribution in [-0.4, -0.2) is 47.2 Å². The Labute approximate surface area is 181 Å². The quantitative estimate of drug-likeness (QED) is 0.633. The summed E-state index contributed by atoms with van der Waals surface area (Å²) in [5.74, 6) is 1.36. The van der Waals surface area contributed by atoms with E-state index < -0.39 is 0 Å². The first-order chi connectivity index (χ1) is 15.1. The van der Waals surface area contributed by atoms with Crippen molar-refractivity contribution in [1.29, 1.82) is 0 Å². The average Bonchev–Trinajstić information content (AvgIpc) is 2.80. The molecule has 8 nitrogen and oxygen atoms in total. The molecule has 8 heteroatoms. The molecule has 3 heterocycles. The van der Waals surface area contributed by atoms with Gasteiger partial charge in [0.2, 0.25) is 0 Å². The summed E-state index contributed by atoms with van der Waals surface area (Å²) < 4.78 is 5.41. The van der Waals surface area contributed by atoms with E-state index in [2.05, 4.69) is 32.4 Å². The Morgan fingerprint density at radius 1 is 1.10 bits per heavy atom. The Morgan fingerprint density at radius 3 is 2.71 bits per heavy atom. The van der Waals surface area contributed by atoms with Crippen molar-refractivity contribution in [2.75, 3.05) is 41.8 Å². The van der Waals surface area contributed by atoms with Crippen LogP contribution in [0.3, 0.4) is 0 Å². The van der Waals surface area contributed by atoms with Gasteiger partial charge in [-0.2, -0.15) is 0 Å². The van der Waals surface area contributed by atoms with Gasteiger partial charge in [0.05, 0.1) is 37.2 Å². The number of amides is 1. The molecule has 1 saturated heterocycles. The van der Waals surface area contributed by atoms with Crippen molar-refractivity contribution in [1.82, 2.24) is 15.0 Å². The fourth-order valence-electron chi connectivity index (χ4n) is 3.44. The number of rotatable bonds is 6. The fourth-order valence-corrected chi connectivity index (χ4v) is 3.44. The van der Waals surface area contributed by atoms with Gasteiger partial charge in [-0.25, -0.2) is 4.98 Å². The van der Waals surface area contributed by atoms with E-state index in [-0.39, 0.29) is 11.9 Å². The van der Waals surface area contributed by atoms with Crippen LogP contribution in [0.5, 0.6) is 0 Å². The van der Waals surface area contributed by atoms with E-state index in [9.17, 15) is 4.79 Å². The highest BCUT2D eigenvalue weighted by molar-refractivity contribution is 6.04. The zero-order chi connectivity index (χ0) is 21.6. The summed E-state index contributed by atoms with van der Waals surface area (Å²) in [6.45, 7) is 6.99. The second-order valence-corrected chi connectivity index (χ2v) is 7.56. The summed E-state index contributed by atoms with van der Waals surface area (Å²) in [6, 6.07) is 9.56. The van der Waals surface area contributed by atoms with Gasteiger partial charge in [0.15, 0.2) is 0 Å². The molecular weight excluding hydrogens is 392 g/mol. The maximum Gasteiger partial charge on any atom is 0.257 e. The molecule has 0 aliphatic carbocycles. The Hall–Kier alpha value is -3.52. The summed E-state index contributed by atoms with van der Waals surface area (Å²) >= 11 is 0. The summed E-state index contributed by atoms with van der Waals surface area (Å²) in [7, 11) is 0. The van der Waals surface area contributed by atoms with Crippen LogP contribution in [0, 0.1) is 6.92 Å². The molecule has 3 aromatic rings. The first kappa shape index (κ1) is 20.7. The van der Waals surface area contributed by atoms with Crippen molar-refractivity contribution < 1.29 is 9.53 Å². The molecule has 2 aromatic heterocycles. The van der Waals surface area contributed by atoms with Gasteiger partial charge in [0, 0.05) is 31.2 Å². The predicted octanol–water partition coefficient (Wildman–Crippen LogP) is 3.44. The van der Waals surface area contributed by atoms with Crippen LogP contribution < -0.4 is 15.5 Å². The number of carbonyl (C=O) groups excluding carboxylic acids is 1. The zero-order valence-electron chi connectivity index (χ0n) is 17.7. The molecule has 0 radical (unpaired) electrons. The Balaban J connectivity index is 1.43. The highest BCUT2D eigenvalue weighted by Gasteiger charge is 2.14. The Morgan fingerprint density at radius 2 is 1.90 bits per heavy atom. The number of aryl methyl sites for hydroxylation is 1. The van der Waals surface area contributed by atoms with Crippen LogP contribution in [0.2, 0.25) is 0 Å². The molecule has 1 aliphatic heterocycles. The van der Waals surface area contributed by atoms with E-state index in [0.717, 1.165) is 35.7 Å². The molecule has 1 amide bonds. The third-order valence-electron chi connectivity index (χ3n) is 5.10. The molecule has 2 N–H and O–H groups in total. The summed E-state index contributed by atoms with van der Waals surface area (Å²) in [6.07, 6.45) is 6.78. The number of nitrogens with one attached hydrogen (secondary N) is 2. The molecule has 160 valence electrons. The van der Waals surface area contributed by atoms with Crippen LogP contribution in [0.1, 0.15) is 34.5 Å². The van der Waals surface area contributed by atoms with E-state index in [0.29, 0.717) is 24.6 Å². The predicted molar refractivity (Wildman–Crippen MR) is 120 cm³/mol. The third-order valence-corrected chi connectivity index (χ3v) is 5.10. The molecule has 0 unspecified atom stereocenters. The molecule has 1 aromatic carbocycles. The molecular formula is C23H26N6O2. The number of carbonyl (C=O) groups is 1. The van der Waals surface area contributed by atoms with Crippen LogP contribution in [0.4, 0.5) is 17.3 Å². The summed E-state index contributed by atoms with van der Waals surface area (Å²) in [5, 5.41) is 6.35. The highest BCUT2D eigenvalue weighted by Crippen LogP contribution is 2.22. The Kier molecular flexibility index (Phi) is 6.37. The van der Waals surface area contributed by atoms with Gasteiger partial charge in [-0.3, -0.25) is 14.8 Å². The lowest BCUT2D eigenvalue weighted by Gasteiger charge is -2.27. The van der Waals surface area contributed by atoms with Gasteiger partial charge in [0.1, 0.15) is 11.6 Å². The normalized spacial score (nSPS) is 14.7. The second kappa shape index (κ2) is 9.53. The van der Waals surface area contributed by atoms with Gasteiger partial charge in [-0.1, -0.05) is 12.1 Å². The standard InChI is InChI=1S/C23H26N6O2/c1-16-10-19(13-24-12-16)23(30)27-20-5-3-4-18(11-20)17(2)26-21-14-25-15-22(28-21)29-6-8-31-9-7-29/h3-5,10-15,17H,6-9H2,1-2H3,(H,26,28)(H,27,30)/t17-/m0/s1. The minimum Gasteiger partial charge on any atom is -0.378 e. The van der Waals surface area contributed by atoms with Crippen LogP contribution in [0.25, 0.3) is 0 Å². The average molecular weight is 419 g/mol. The van der Waals surface area contributed by atoms with E-state index in [1.165, 1.54) is 0 Å². The molecule has 4 rings (SSSR count). The number of benzene rings is 1. The fraction of sp³-hybridized carbons (Fsp3) is 0.304. The van der Waals surface area contributed by atoms with Gasteiger partial charge in [-0.05, 0) is 43.2 Å². The number of anilines is 3. The zero-order valence-corrected chi connectivity index (χ0v) is 17.7. The van der Waals surface area contributed by atoms with E-state index in [4.69, 9.17) is 9.72 Å². The Bertz CT molecular complexity index is 1050. The van der Waals surface area contributed by atoms with Crippen molar-refractivity contribution in [3.8, 4) is 0 Å². The number of hydrogen-bond acceptors (Lipinski definition) is 7. The SMILES string of the molecule is Cc1cncc(C(=O)Nc2cccc([C@H](C)Nc3cncc(N4CCOCC4)n3)c2)c1. The van der Waals surface area contributed by atoms with Crippen molar-refractivity contribution in [2.24, 2.45) is 0 Å². The summed E-state index contributed by atoms with van der Waals surface area (Å²) in [5.41, 5.74) is 3.23. The number of hydrogen-bond donors (Lipinski definition) is 2. The van der Waals surface area contributed by atoms with Crippen LogP contribution in [-0.2, 0) is 4.74 Å². The number of ether oxygens (including phenoxy) is 1. The molecule has 0 saturated carbocycles. The molecule has 0 spiro atoms. The van der Waals surface area contributed by atoms with Crippen molar-refractivity contribution in [2.45, 2.75) is 19.9 Å². The highest BCUT2D eigenvalue weighted by atomic mass is 16.5. The maximum atomic E-state index is 12.5. The van der Waals surface area contributed by atoms with Gasteiger partial charge in [0.25, 0.3) is 5.91 Å². The number of nitrogens with zero attached hydrogens (tertiary/aromatic N) is 4. The van der Waals surface area contributed by atoms with Gasteiger partial charge < -0.3 is 20.3 Å². The van der Waals surface area contributed by atoms with E-state index >= 15 is 0 Å². The van der Waals surface area contributed by atoms with E-state index in [1.807, 2.05) is 37.3 Å².